The van der Waals surface area contributed by atoms with Crippen LogP contribution in [0.2, 0.25) is 0 Å². The van der Waals surface area contributed by atoms with Crippen LogP contribution in [0.25, 0.3) is 0 Å². The second kappa shape index (κ2) is 7.28. The molecule has 1 N–H and O–H groups in total. The third-order valence-corrected chi connectivity index (χ3v) is 1.14. The Labute approximate surface area is 66.7 Å². The zero-order valence-corrected chi connectivity index (χ0v) is 6.58. The Hall–Kier alpha value is -0.830. The number of hydrogen-bond donors (Lipinski definition) is 1. The molecule has 0 aliphatic rings. The van der Waals surface area contributed by atoms with Gasteiger partial charge in [-0.15, -0.1) is 6.58 Å². The second-order valence-electron chi connectivity index (χ2n) is 2.12. The molecule has 0 amide bonds. The van der Waals surface area contributed by atoms with Gasteiger partial charge in [0.05, 0.1) is 6.61 Å². The fourth-order valence-corrected chi connectivity index (χ4v) is 0.622. The maximum Gasteiger partial charge on any atom is 0.305 e. The molecule has 0 aromatic heterocycles. The number of carbonyl (C=O) groups excluding carboxylic acids is 1. The number of allylic oxidation sites excluding steroid dienone is 1. The molecule has 0 aliphatic carbocycles. The van der Waals surface area contributed by atoms with Gasteiger partial charge in [0, 0.05) is 6.42 Å². The monoisotopic (exact) mass is 158 g/mol. The van der Waals surface area contributed by atoms with Crippen LogP contribution < -0.4 is 0 Å². The first-order chi connectivity index (χ1) is 5.31. The minimum atomic E-state index is -0.249. The Kier molecular flexibility index (Phi) is 6.73. The summed E-state index contributed by atoms with van der Waals surface area (Å²) in [4.78, 5) is 10.7. The largest absolute Gasteiger partial charge is 0.463 e. The summed E-state index contributed by atoms with van der Waals surface area (Å²) in [6.07, 6.45) is 3.77. The Balaban J connectivity index is 3.15. The Morgan fingerprint density at radius 3 is 2.91 bits per heavy atom. The van der Waals surface area contributed by atoms with Gasteiger partial charge in [-0.25, -0.2) is 0 Å². The number of aliphatic hydroxyl groups excluding tert-OH is 1. The van der Waals surface area contributed by atoms with Crippen LogP contribution in [0, 0.1) is 0 Å². The molecule has 0 saturated carbocycles. The minimum absolute atomic E-state index is 0.104. The lowest BCUT2D eigenvalue weighted by molar-refractivity contribution is -0.144. The topological polar surface area (TPSA) is 46.5 Å². The molecule has 0 saturated heterocycles. The van der Waals surface area contributed by atoms with Gasteiger partial charge >= 0.3 is 5.97 Å². The van der Waals surface area contributed by atoms with Crippen LogP contribution >= 0.6 is 0 Å². The van der Waals surface area contributed by atoms with Crippen molar-refractivity contribution >= 4 is 5.97 Å². The third kappa shape index (κ3) is 7.06. The van der Waals surface area contributed by atoms with E-state index in [1.165, 1.54) is 0 Å². The summed E-state index contributed by atoms with van der Waals surface area (Å²) in [5, 5.41) is 8.29. The average molecular weight is 158 g/mol. The smallest absolute Gasteiger partial charge is 0.305 e. The molecule has 3 nitrogen and oxygen atoms in total. The average Bonchev–Trinajstić information content (AvgIpc) is 2.01. The van der Waals surface area contributed by atoms with Crippen molar-refractivity contribution in [3.63, 3.8) is 0 Å². The van der Waals surface area contributed by atoms with E-state index in [1.807, 2.05) is 0 Å². The number of hydrogen-bond acceptors (Lipinski definition) is 3. The molecule has 0 aliphatic heterocycles. The van der Waals surface area contributed by atoms with E-state index in [1.54, 1.807) is 6.08 Å². The van der Waals surface area contributed by atoms with Crippen LogP contribution in [0.3, 0.4) is 0 Å². The first-order valence-corrected chi connectivity index (χ1v) is 3.68. The molecule has 64 valence electrons. The zero-order chi connectivity index (χ0) is 8.53. The van der Waals surface area contributed by atoms with Gasteiger partial charge in [0.25, 0.3) is 0 Å². The molecule has 0 spiro atoms. The molecule has 0 rings (SSSR count). The van der Waals surface area contributed by atoms with Gasteiger partial charge in [-0.3, -0.25) is 4.79 Å². The third-order valence-electron chi connectivity index (χ3n) is 1.14. The lowest BCUT2D eigenvalue weighted by Gasteiger charge is -2.00. The van der Waals surface area contributed by atoms with Gasteiger partial charge in [-0.2, -0.15) is 0 Å². The van der Waals surface area contributed by atoms with Crippen LogP contribution in [-0.2, 0) is 9.53 Å². The fourth-order valence-electron chi connectivity index (χ4n) is 0.622. The molecule has 0 unspecified atom stereocenters. The van der Waals surface area contributed by atoms with Crippen LogP contribution in [0.15, 0.2) is 12.7 Å². The SMILES string of the molecule is C=CCCCC(=O)OCCO. The van der Waals surface area contributed by atoms with Gasteiger partial charge in [-0.1, -0.05) is 6.08 Å². The summed E-state index contributed by atoms with van der Waals surface area (Å²) in [6.45, 7) is 3.53. The van der Waals surface area contributed by atoms with Gasteiger partial charge in [-0.05, 0) is 12.8 Å². The minimum Gasteiger partial charge on any atom is -0.463 e. The van der Waals surface area contributed by atoms with Crippen LogP contribution in [-0.4, -0.2) is 24.3 Å². The van der Waals surface area contributed by atoms with E-state index in [4.69, 9.17) is 5.11 Å². The van der Waals surface area contributed by atoms with Gasteiger partial charge in [0.15, 0.2) is 0 Å². The van der Waals surface area contributed by atoms with Crippen molar-refractivity contribution in [2.24, 2.45) is 0 Å². The molecule has 0 fully saturated rings. The molecule has 0 atom stereocenters. The second-order valence-corrected chi connectivity index (χ2v) is 2.12. The molecule has 0 radical (unpaired) electrons. The molecule has 0 heterocycles. The first kappa shape index (κ1) is 10.2. The van der Waals surface area contributed by atoms with E-state index >= 15 is 0 Å². The van der Waals surface area contributed by atoms with Crippen molar-refractivity contribution in [3.05, 3.63) is 12.7 Å². The Morgan fingerprint density at radius 1 is 1.64 bits per heavy atom. The predicted octanol–water partition coefficient (Wildman–Crippen LogP) is 0.878. The number of esters is 1. The van der Waals surface area contributed by atoms with Crippen molar-refractivity contribution in [2.45, 2.75) is 19.3 Å². The molecule has 11 heavy (non-hydrogen) atoms. The maximum atomic E-state index is 10.7. The maximum absolute atomic E-state index is 10.7. The summed E-state index contributed by atoms with van der Waals surface area (Å²) in [6, 6.07) is 0. The lowest BCUT2D eigenvalue weighted by Crippen LogP contribution is -2.07. The fraction of sp³-hybridized carbons (Fsp3) is 0.625. The van der Waals surface area contributed by atoms with E-state index in [0.29, 0.717) is 6.42 Å². The molecular formula is C8H14O3. The van der Waals surface area contributed by atoms with E-state index < -0.39 is 0 Å². The number of ether oxygens (including phenoxy) is 1. The van der Waals surface area contributed by atoms with E-state index in [9.17, 15) is 4.79 Å². The summed E-state index contributed by atoms with van der Waals surface area (Å²) in [5.41, 5.74) is 0. The van der Waals surface area contributed by atoms with E-state index in [0.717, 1.165) is 12.8 Å². The standard InChI is InChI=1S/C8H14O3/c1-2-3-4-5-8(10)11-7-6-9/h2,9H,1,3-7H2. The summed E-state index contributed by atoms with van der Waals surface area (Å²) in [7, 11) is 0. The normalized spacial score (nSPS) is 9.18. The summed E-state index contributed by atoms with van der Waals surface area (Å²) in [5.74, 6) is -0.249. The van der Waals surface area contributed by atoms with Crippen molar-refractivity contribution in [1.29, 1.82) is 0 Å². The first-order valence-electron chi connectivity index (χ1n) is 3.68. The Bertz CT molecular complexity index is 121. The number of aliphatic hydroxyl groups is 1. The molecule has 3 heteroatoms. The molecule has 0 aromatic rings. The molecule has 0 aromatic carbocycles. The van der Waals surface area contributed by atoms with Gasteiger partial charge in [0.2, 0.25) is 0 Å². The number of unbranched alkanes of at least 4 members (excludes halogenated alkanes) is 1. The highest BCUT2D eigenvalue weighted by molar-refractivity contribution is 5.69. The van der Waals surface area contributed by atoms with Gasteiger partial charge in [0.1, 0.15) is 6.61 Å². The zero-order valence-electron chi connectivity index (χ0n) is 6.58. The van der Waals surface area contributed by atoms with Crippen molar-refractivity contribution in [3.8, 4) is 0 Å². The highest BCUT2D eigenvalue weighted by atomic mass is 16.5. The highest BCUT2D eigenvalue weighted by Gasteiger charge is 1.99. The van der Waals surface area contributed by atoms with Gasteiger partial charge < -0.3 is 9.84 Å². The van der Waals surface area contributed by atoms with E-state index in [-0.39, 0.29) is 19.2 Å². The number of rotatable bonds is 6. The summed E-state index contributed by atoms with van der Waals surface area (Å²) >= 11 is 0. The Morgan fingerprint density at radius 2 is 2.36 bits per heavy atom. The number of carbonyl (C=O) groups is 1. The molecule has 0 bridgehead atoms. The van der Waals surface area contributed by atoms with E-state index in [2.05, 4.69) is 11.3 Å². The van der Waals surface area contributed by atoms with Crippen LogP contribution in [0.5, 0.6) is 0 Å². The van der Waals surface area contributed by atoms with Crippen LogP contribution in [0.4, 0.5) is 0 Å². The highest BCUT2D eigenvalue weighted by Crippen LogP contribution is 1.97. The van der Waals surface area contributed by atoms with Crippen LogP contribution in [0.1, 0.15) is 19.3 Å². The van der Waals surface area contributed by atoms with Crippen molar-refractivity contribution in [2.75, 3.05) is 13.2 Å². The van der Waals surface area contributed by atoms with Crippen molar-refractivity contribution in [1.82, 2.24) is 0 Å². The quantitative estimate of drug-likeness (QED) is 0.354. The molecular weight excluding hydrogens is 144 g/mol. The lowest BCUT2D eigenvalue weighted by atomic mass is 10.2. The summed E-state index contributed by atoms with van der Waals surface area (Å²) < 4.78 is 4.61. The van der Waals surface area contributed by atoms with Crippen molar-refractivity contribution < 1.29 is 14.6 Å². The predicted molar refractivity (Wildman–Crippen MR) is 42.1 cm³/mol.